The summed E-state index contributed by atoms with van der Waals surface area (Å²) < 4.78 is 33.2. The number of hydrogen-bond donors (Lipinski definition) is 2. The molecule has 2 atom stereocenters. The van der Waals surface area contributed by atoms with E-state index >= 15 is 0 Å². The minimum atomic E-state index is -4.40. The zero-order valence-electron chi connectivity index (χ0n) is 58.4. The maximum Gasteiger partial charge on any atom is 0.472 e. The lowest BCUT2D eigenvalue weighted by Crippen LogP contribution is -2.29. The highest BCUT2D eigenvalue weighted by molar-refractivity contribution is 7.47. The predicted molar refractivity (Wildman–Crippen MR) is 386 cm³/mol. The molecule has 0 heterocycles. The van der Waals surface area contributed by atoms with Gasteiger partial charge in [0.25, 0.3) is 0 Å². The highest BCUT2D eigenvalue weighted by Gasteiger charge is 2.26. The number of nitrogens with two attached hydrogens (primary N) is 1. The Bertz CT molecular complexity index is 1740. The van der Waals surface area contributed by atoms with E-state index in [1.807, 2.05) is 0 Å². The number of unbranched alkanes of at least 4 members (excludes halogenated alkanes) is 45. The highest BCUT2D eigenvalue weighted by atomic mass is 31.2. The summed E-state index contributed by atoms with van der Waals surface area (Å²) in [5.41, 5.74) is 5.41. The number of hydrogen-bond acceptors (Lipinski definition) is 8. The van der Waals surface area contributed by atoms with Gasteiger partial charge in [-0.25, -0.2) is 4.57 Å². The standard InChI is InChI=1S/C79H144NO8P/c1-3-5-7-9-11-13-15-17-19-21-23-25-27-29-31-33-34-35-36-37-38-39-40-41-42-44-45-47-49-51-53-55-57-59-61-63-65-67-69-71-78(81)85-75-77(76-87-89(83,84)86-74-73-80)88-79(82)72-70-68-66-64-62-60-58-56-54-52-50-48-46-43-32-30-28-26-24-22-20-18-16-14-12-10-8-6-4-2/h6,8,12,14,18,20-21,23-24,26,30,32,46,48,77H,3-5,7,9-11,13,15-17,19,22,25,27-29,31,33-45,47,49-76,80H2,1-2H3,(H,83,84)/b8-6-,14-12-,20-18-,23-21-,26-24-,32-30-,48-46-. The first-order valence-electron chi connectivity index (χ1n) is 38.1. The lowest BCUT2D eigenvalue weighted by Gasteiger charge is -2.19. The summed E-state index contributed by atoms with van der Waals surface area (Å²) in [6, 6.07) is 0. The average Bonchev–Trinajstić information content (AvgIpc) is 3.68. The average molecular weight is 1270 g/mol. The smallest absolute Gasteiger partial charge is 0.462 e. The minimum absolute atomic E-state index is 0.0510. The van der Waals surface area contributed by atoms with Crippen LogP contribution in [-0.2, 0) is 32.7 Å². The third kappa shape index (κ3) is 74.1. The van der Waals surface area contributed by atoms with Crippen molar-refractivity contribution in [3.8, 4) is 0 Å². The van der Waals surface area contributed by atoms with Gasteiger partial charge in [0.2, 0.25) is 0 Å². The fraction of sp³-hybridized carbons (Fsp3) is 0.797. The number of carbonyl (C=O) groups is 2. The molecule has 0 aliphatic rings. The molecule has 9 nitrogen and oxygen atoms in total. The van der Waals surface area contributed by atoms with E-state index < -0.39 is 26.5 Å². The molecule has 0 aliphatic carbocycles. The highest BCUT2D eigenvalue weighted by Crippen LogP contribution is 2.43. The molecular formula is C79H144NO8P. The van der Waals surface area contributed by atoms with E-state index in [2.05, 4.69) is 98.9 Å². The van der Waals surface area contributed by atoms with Crippen LogP contribution in [0.1, 0.15) is 373 Å². The number of allylic oxidation sites excluding steroid dienone is 14. The fourth-order valence-corrected chi connectivity index (χ4v) is 11.9. The van der Waals surface area contributed by atoms with Gasteiger partial charge >= 0.3 is 19.8 Å². The first-order valence-corrected chi connectivity index (χ1v) is 39.6. The summed E-state index contributed by atoms with van der Waals surface area (Å²) in [5, 5.41) is 0. The molecule has 2 unspecified atom stereocenters. The van der Waals surface area contributed by atoms with Crippen molar-refractivity contribution in [2.75, 3.05) is 26.4 Å². The number of rotatable bonds is 72. The molecule has 0 aromatic heterocycles. The number of phosphoric acid groups is 1. The van der Waals surface area contributed by atoms with Crippen molar-refractivity contribution < 1.29 is 37.6 Å². The maximum atomic E-state index is 12.8. The molecule has 0 aromatic rings. The van der Waals surface area contributed by atoms with Crippen LogP contribution in [0.3, 0.4) is 0 Å². The van der Waals surface area contributed by atoms with Gasteiger partial charge in [0.05, 0.1) is 13.2 Å². The van der Waals surface area contributed by atoms with E-state index in [4.69, 9.17) is 24.3 Å². The molecule has 0 spiro atoms. The molecule has 10 heteroatoms. The van der Waals surface area contributed by atoms with Gasteiger partial charge in [-0.1, -0.05) is 356 Å². The molecule has 518 valence electrons. The van der Waals surface area contributed by atoms with Crippen LogP contribution in [0.25, 0.3) is 0 Å². The van der Waals surface area contributed by atoms with E-state index in [-0.39, 0.29) is 38.6 Å². The van der Waals surface area contributed by atoms with Crippen LogP contribution in [0.15, 0.2) is 85.1 Å². The van der Waals surface area contributed by atoms with E-state index in [0.717, 1.165) is 83.5 Å². The molecule has 3 N–H and O–H groups in total. The van der Waals surface area contributed by atoms with Crippen LogP contribution < -0.4 is 5.73 Å². The topological polar surface area (TPSA) is 134 Å². The lowest BCUT2D eigenvalue weighted by atomic mass is 10.0. The van der Waals surface area contributed by atoms with Gasteiger partial charge in [0.15, 0.2) is 6.10 Å². The molecule has 0 bridgehead atoms. The van der Waals surface area contributed by atoms with Crippen molar-refractivity contribution >= 4 is 19.8 Å². The van der Waals surface area contributed by atoms with Gasteiger partial charge in [-0.15, -0.1) is 0 Å². The Morgan fingerprint density at radius 1 is 0.348 bits per heavy atom. The Hall–Kier alpha value is -2.81. The summed E-state index contributed by atoms with van der Waals surface area (Å²) in [5.74, 6) is -0.820. The second-order valence-electron chi connectivity index (χ2n) is 25.5. The van der Waals surface area contributed by atoms with Gasteiger partial charge in [-0.05, 0) is 89.9 Å². The molecule has 0 amide bonds. The van der Waals surface area contributed by atoms with E-state index in [1.165, 1.54) is 257 Å². The van der Waals surface area contributed by atoms with Gasteiger partial charge in [0.1, 0.15) is 6.61 Å². The van der Waals surface area contributed by atoms with Crippen molar-refractivity contribution in [3.05, 3.63) is 85.1 Å². The maximum absolute atomic E-state index is 12.8. The minimum Gasteiger partial charge on any atom is -0.462 e. The second kappa shape index (κ2) is 74.2. The first-order chi connectivity index (χ1) is 43.8. The summed E-state index contributed by atoms with van der Waals surface area (Å²) in [7, 11) is -4.40. The zero-order chi connectivity index (χ0) is 64.4. The van der Waals surface area contributed by atoms with Crippen molar-refractivity contribution in [1.29, 1.82) is 0 Å². The molecule has 0 aromatic carbocycles. The lowest BCUT2D eigenvalue weighted by molar-refractivity contribution is -0.161. The Balaban J connectivity index is 3.80. The van der Waals surface area contributed by atoms with Gasteiger partial charge in [-0.2, -0.15) is 0 Å². The fourth-order valence-electron chi connectivity index (χ4n) is 11.2. The summed E-state index contributed by atoms with van der Waals surface area (Å²) >= 11 is 0. The number of phosphoric ester groups is 1. The summed E-state index contributed by atoms with van der Waals surface area (Å²) in [6.07, 6.45) is 100.0. The molecule has 0 radical (unpaired) electrons. The zero-order valence-corrected chi connectivity index (χ0v) is 59.3. The van der Waals surface area contributed by atoms with Crippen molar-refractivity contribution in [3.63, 3.8) is 0 Å². The van der Waals surface area contributed by atoms with Crippen LogP contribution in [0.2, 0.25) is 0 Å². The Morgan fingerprint density at radius 2 is 0.618 bits per heavy atom. The normalized spacial score (nSPS) is 13.3. The third-order valence-corrected chi connectivity index (χ3v) is 17.7. The first kappa shape index (κ1) is 86.2. The van der Waals surface area contributed by atoms with Gasteiger partial charge in [0, 0.05) is 19.4 Å². The molecule has 0 fully saturated rings. The SMILES string of the molecule is CC/C=C\C/C=C\C/C=C\C/C=C\C/C=C\C/C=C\CCCCCCCCCCCCC(=O)OC(COC(=O)CCCCCCCCCCCCCCCCCCCCCCCCCCCCC/C=C\CCCCCCCCCC)COP(=O)(O)OCCN. The van der Waals surface area contributed by atoms with Crippen LogP contribution >= 0.6 is 7.82 Å². The van der Waals surface area contributed by atoms with Crippen molar-refractivity contribution in [2.24, 2.45) is 5.73 Å². The largest absolute Gasteiger partial charge is 0.472 e. The second-order valence-corrected chi connectivity index (χ2v) is 26.9. The van der Waals surface area contributed by atoms with E-state index in [9.17, 15) is 19.0 Å². The third-order valence-electron chi connectivity index (χ3n) is 16.8. The molecule has 0 saturated carbocycles. The Kier molecular flexibility index (Phi) is 71.9. The van der Waals surface area contributed by atoms with Crippen LogP contribution in [-0.4, -0.2) is 49.3 Å². The summed E-state index contributed by atoms with van der Waals surface area (Å²) in [4.78, 5) is 35.4. The van der Waals surface area contributed by atoms with Gasteiger partial charge in [-0.3, -0.25) is 18.6 Å². The summed E-state index contributed by atoms with van der Waals surface area (Å²) in [6.45, 7) is 3.67. The molecule has 89 heavy (non-hydrogen) atoms. The van der Waals surface area contributed by atoms with Crippen LogP contribution in [0, 0.1) is 0 Å². The van der Waals surface area contributed by atoms with E-state index in [0.29, 0.717) is 6.42 Å². The van der Waals surface area contributed by atoms with Crippen LogP contribution in [0.4, 0.5) is 0 Å². The Labute approximate surface area is 551 Å². The van der Waals surface area contributed by atoms with Crippen molar-refractivity contribution in [1.82, 2.24) is 0 Å². The monoisotopic (exact) mass is 1270 g/mol. The number of esters is 2. The number of ether oxygens (including phenoxy) is 2. The molecular weight excluding hydrogens is 1120 g/mol. The molecule has 0 rings (SSSR count). The quantitative estimate of drug-likeness (QED) is 0.0264. The molecule has 0 saturated heterocycles. The van der Waals surface area contributed by atoms with Crippen LogP contribution in [0.5, 0.6) is 0 Å². The number of carbonyl (C=O) groups excluding carboxylic acids is 2. The van der Waals surface area contributed by atoms with Crippen molar-refractivity contribution in [2.45, 2.75) is 380 Å². The molecule has 0 aliphatic heterocycles. The Morgan fingerprint density at radius 3 is 0.933 bits per heavy atom. The van der Waals surface area contributed by atoms with Gasteiger partial charge < -0.3 is 20.1 Å². The predicted octanol–water partition coefficient (Wildman–Crippen LogP) is 25.3. The van der Waals surface area contributed by atoms with E-state index in [1.54, 1.807) is 0 Å².